The van der Waals surface area contributed by atoms with Crippen LogP contribution in [0.1, 0.15) is 30.9 Å². The van der Waals surface area contributed by atoms with E-state index < -0.39 is 0 Å². The lowest BCUT2D eigenvalue weighted by Crippen LogP contribution is -2.10. The lowest BCUT2D eigenvalue weighted by molar-refractivity contribution is -0.116. The van der Waals surface area contributed by atoms with Gasteiger partial charge in [-0.05, 0) is 48.6 Å². The van der Waals surface area contributed by atoms with Crippen LogP contribution in [0.5, 0.6) is 0 Å². The SMILES string of the molecule is CCCC(=O)Nc1ccc2[nH]c3c(c2c1)CCc1cn[nH]c1-3. The largest absolute Gasteiger partial charge is 0.353 e. The van der Waals surface area contributed by atoms with Crippen molar-refractivity contribution in [3.63, 3.8) is 0 Å². The molecule has 1 amide bonds. The number of fused-ring (bicyclic) bond motifs is 5. The summed E-state index contributed by atoms with van der Waals surface area (Å²) in [7, 11) is 0. The number of aryl methyl sites for hydroxylation is 2. The highest BCUT2D eigenvalue weighted by Gasteiger charge is 2.22. The van der Waals surface area contributed by atoms with Crippen LogP contribution in [-0.2, 0) is 17.6 Å². The van der Waals surface area contributed by atoms with Gasteiger partial charge in [0, 0.05) is 23.0 Å². The van der Waals surface area contributed by atoms with Crippen LogP contribution in [0.25, 0.3) is 22.3 Å². The third-order valence-corrected chi connectivity index (χ3v) is 4.28. The van der Waals surface area contributed by atoms with Crippen molar-refractivity contribution in [1.29, 1.82) is 0 Å². The third-order valence-electron chi connectivity index (χ3n) is 4.28. The van der Waals surface area contributed by atoms with Crippen LogP contribution in [-0.4, -0.2) is 21.1 Å². The van der Waals surface area contributed by atoms with E-state index in [2.05, 4.69) is 26.6 Å². The molecule has 22 heavy (non-hydrogen) atoms. The maximum Gasteiger partial charge on any atom is 0.224 e. The van der Waals surface area contributed by atoms with Gasteiger partial charge in [0.2, 0.25) is 5.91 Å². The van der Waals surface area contributed by atoms with Crippen LogP contribution in [0, 0.1) is 0 Å². The van der Waals surface area contributed by atoms with Gasteiger partial charge in [0.1, 0.15) is 0 Å². The Bertz CT molecular complexity index is 859. The number of benzene rings is 1. The van der Waals surface area contributed by atoms with Gasteiger partial charge in [-0.1, -0.05) is 6.92 Å². The molecule has 0 spiro atoms. The smallest absolute Gasteiger partial charge is 0.224 e. The number of H-pyrrole nitrogens is 2. The number of carbonyl (C=O) groups excluding carboxylic acids is 1. The van der Waals surface area contributed by atoms with E-state index in [9.17, 15) is 4.79 Å². The summed E-state index contributed by atoms with van der Waals surface area (Å²) in [4.78, 5) is 15.3. The molecule has 0 saturated heterocycles. The molecular formula is C17H18N4O. The van der Waals surface area contributed by atoms with Gasteiger partial charge in [-0.3, -0.25) is 9.89 Å². The summed E-state index contributed by atoms with van der Waals surface area (Å²) in [5.74, 6) is 0.0714. The minimum atomic E-state index is 0.0714. The normalized spacial score (nSPS) is 13.0. The first kappa shape index (κ1) is 13.1. The highest BCUT2D eigenvalue weighted by Crippen LogP contribution is 2.37. The fourth-order valence-electron chi connectivity index (χ4n) is 3.23. The van der Waals surface area contributed by atoms with Crippen molar-refractivity contribution < 1.29 is 4.79 Å². The van der Waals surface area contributed by atoms with E-state index in [1.54, 1.807) is 0 Å². The second kappa shape index (κ2) is 5.02. The predicted molar refractivity (Wildman–Crippen MR) is 86.8 cm³/mol. The Balaban J connectivity index is 1.77. The second-order valence-corrected chi connectivity index (χ2v) is 5.81. The first-order chi connectivity index (χ1) is 10.8. The number of hydrogen-bond donors (Lipinski definition) is 3. The Hall–Kier alpha value is -2.56. The van der Waals surface area contributed by atoms with Crippen molar-refractivity contribution in [2.75, 3.05) is 5.32 Å². The van der Waals surface area contributed by atoms with E-state index in [1.807, 2.05) is 25.3 Å². The Morgan fingerprint density at radius 3 is 3.09 bits per heavy atom. The Morgan fingerprint density at radius 1 is 1.32 bits per heavy atom. The second-order valence-electron chi connectivity index (χ2n) is 5.81. The Labute approximate surface area is 128 Å². The summed E-state index contributed by atoms with van der Waals surface area (Å²) in [6.45, 7) is 2.01. The maximum atomic E-state index is 11.8. The fraction of sp³-hybridized carbons (Fsp3) is 0.294. The first-order valence-electron chi connectivity index (χ1n) is 7.73. The van der Waals surface area contributed by atoms with Crippen LogP contribution >= 0.6 is 0 Å². The Morgan fingerprint density at radius 2 is 2.23 bits per heavy atom. The zero-order valence-corrected chi connectivity index (χ0v) is 12.5. The standard InChI is InChI=1S/C17H18N4O/c1-2-3-15(22)19-11-5-7-14-13(8-11)12-6-4-10-9-18-21-16(10)17(12)20-14/h5,7-9,20H,2-4,6H2,1H3,(H,18,21)(H,19,22). The van der Waals surface area contributed by atoms with Gasteiger partial charge in [-0.2, -0.15) is 5.10 Å². The molecule has 1 aromatic carbocycles. The molecule has 0 aliphatic heterocycles. The van der Waals surface area contributed by atoms with E-state index in [0.29, 0.717) is 6.42 Å². The topological polar surface area (TPSA) is 73.6 Å². The fourth-order valence-corrected chi connectivity index (χ4v) is 3.23. The van der Waals surface area contributed by atoms with Gasteiger partial charge in [-0.15, -0.1) is 0 Å². The number of aromatic nitrogens is 3. The molecule has 2 aromatic heterocycles. The van der Waals surface area contributed by atoms with Crippen molar-refractivity contribution in [2.24, 2.45) is 0 Å². The molecule has 5 nitrogen and oxygen atoms in total. The summed E-state index contributed by atoms with van der Waals surface area (Å²) in [5.41, 5.74) is 6.75. The maximum absolute atomic E-state index is 11.8. The van der Waals surface area contributed by atoms with Gasteiger partial charge in [0.05, 0.1) is 17.6 Å². The monoisotopic (exact) mass is 294 g/mol. The van der Waals surface area contributed by atoms with Crippen molar-refractivity contribution in [3.8, 4) is 11.4 Å². The average Bonchev–Trinajstić information content (AvgIpc) is 3.10. The van der Waals surface area contributed by atoms with Gasteiger partial charge < -0.3 is 10.3 Å². The molecule has 1 aliphatic rings. The summed E-state index contributed by atoms with van der Waals surface area (Å²) < 4.78 is 0. The molecule has 3 aromatic rings. The van der Waals surface area contributed by atoms with Crippen molar-refractivity contribution in [2.45, 2.75) is 32.6 Å². The van der Waals surface area contributed by atoms with Gasteiger partial charge in [0.15, 0.2) is 0 Å². The molecule has 0 fully saturated rings. The molecule has 1 aliphatic carbocycles. The number of carbonyl (C=O) groups is 1. The van der Waals surface area contributed by atoms with E-state index in [4.69, 9.17) is 0 Å². The molecule has 0 saturated carbocycles. The predicted octanol–water partition coefficient (Wildman–Crippen LogP) is 3.40. The Kier molecular flexibility index (Phi) is 2.99. The lowest BCUT2D eigenvalue weighted by Gasteiger charge is -2.11. The van der Waals surface area contributed by atoms with Crippen molar-refractivity contribution in [3.05, 3.63) is 35.5 Å². The molecule has 0 radical (unpaired) electrons. The van der Waals surface area contributed by atoms with E-state index in [-0.39, 0.29) is 5.91 Å². The van der Waals surface area contributed by atoms with E-state index in [1.165, 1.54) is 16.5 Å². The lowest BCUT2D eigenvalue weighted by atomic mass is 9.94. The summed E-state index contributed by atoms with van der Waals surface area (Å²) in [5, 5.41) is 11.4. The van der Waals surface area contributed by atoms with E-state index >= 15 is 0 Å². The van der Waals surface area contributed by atoms with Crippen LogP contribution in [0.3, 0.4) is 0 Å². The summed E-state index contributed by atoms with van der Waals surface area (Å²) in [6, 6.07) is 6.05. The number of rotatable bonds is 3. The summed E-state index contributed by atoms with van der Waals surface area (Å²) in [6.07, 6.45) is 5.31. The molecule has 0 atom stereocenters. The molecule has 2 heterocycles. The first-order valence-corrected chi connectivity index (χ1v) is 7.73. The van der Waals surface area contributed by atoms with E-state index in [0.717, 1.165) is 41.9 Å². The van der Waals surface area contributed by atoms with Crippen molar-refractivity contribution >= 4 is 22.5 Å². The van der Waals surface area contributed by atoms with Crippen molar-refractivity contribution in [1.82, 2.24) is 15.2 Å². The molecule has 0 bridgehead atoms. The molecule has 3 N–H and O–H groups in total. The molecule has 0 unspecified atom stereocenters. The summed E-state index contributed by atoms with van der Waals surface area (Å²) >= 11 is 0. The van der Waals surface area contributed by atoms with Crippen LogP contribution < -0.4 is 5.32 Å². The number of amides is 1. The highest BCUT2D eigenvalue weighted by atomic mass is 16.1. The molecule has 112 valence electrons. The van der Waals surface area contributed by atoms with Crippen LogP contribution in [0.15, 0.2) is 24.4 Å². The highest BCUT2D eigenvalue weighted by molar-refractivity contribution is 5.97. The molecular weight excluding hydrogens is 276 g/mol. The van der Waals surface area contributed by atoms with Gasteiger partial charge in [0.25, 0.3) is 0 Å². The quantitative estimate of drug-likeness (QED) is 0.692. The van der Waals surface area contributed by atoms with Crippen LogP contribution in [0.4, 0.5) is 5.69 Å². The zero-order valence-electron chi connectivity index (χ0n) is 12.5. The number of aromatic amines is 2. The van der Waals surface area contributed by atoms with Gasteiger partial charge in [-0.25, -0.2) is 0 Å². The minimum Gasteiger partial charge on any atom is -0.353 e. The van der Waals surface area contributed by atoms with Gasteiger partial charge >= 0.3 is 0 Å². The molecule has 5 heteroatoms. The number of nitrogens with one attached hydrogen (secondary N) is 3. The molecule has 4 rings (SSSR count). The number of hydrogen-bond acceptors (Lipinski definition) is 2. The van der Waals surface area contributed by atoms with Crippen LogP contribution in [0.2, 0.25) is 0 Å². The zero-order chi connectivity index (χ0) is 15.1. The minimum absolute atomic E-state index is 0.0714. The average molecular weight is 294 g/mol. The number of nitrogens with zero attached hydrogens (tertiary/aromatic N) is 1. The number of anilines is 1. The third kappa shape index (κ3) is 2.01.